The van der Waals surface area contributed by atoms with E-state index in [1.54, 1.807) is 13.0 Å². The summed E-state index contributed by atoms with van der Waals surface area (Å²) in [4.78, 5) is 27.1. The molecule has 7 N–H and O–H groups in total. The van der Waals surface area contributed by atoms with Gasteiger partial charge in [0.1, 0.15) is 17.2 Å². The Hall–Kier alpha value is -2.77. The molecule has 11 nitrogen and oxygen atoms in total. The minimum atomic E-state index is -1.56. The van der Waals surface area contributed by atoms with Crippen molar-refractivity contribution in [3.05, 3.63) is 51.6 Å². The lowest BCUT2D eigenvalue weighted by atomic mass is 9.72. The molecule has 0 unspecified atom stereocenters. The number of ether oxygens (including phenoxy) is 3. The van der Waals surface area contributed by atoms with Crippen LogP contribution in [-0.2, 0) is 15.9 Å². The standard InChI is InChI=1S/C27H31NO10.ClH/c1-11-22(30)14(28)8-17(37-11)38-16-10-27(35,6-7-29)9-13-19(16)26(34)21-20(24(13)32)23(31)12-4-3-5-15(36-2)18(12)25(21)33;/h3-5,11,14,16-17,22,29-30,32,34-35H,6-10,28H2,1-2H3;1H/t11-,14-,16-,17+,22-,27-;/m0./s1. The molecule has 212 valence electrons. The number of phenols is 2. The third kappa shape index (κ3) is 4.67. The Balaban J connectivity index is 0.00000353. The lowest BCUT2D eigenvalue weighted by Crippen LogP contribution is -2.52. The van der Waals surface area contributed by atoms with Crippen molar-refractivity contribution in [1.29, 1.82) is 0 Å². The number of aliphatic hydroxyl groups excluding tert-OH is 2. The van der Waals surface area contributed by atoms with Crippen molar-refractivity contribution >= 4 is 24.0 Å². The quantitative estimate of drug-likeness (QED) is 0.244. The molecule has 1 fully saturated rings. The minimum absolute atomic E-state index is 0. The van der Waals surface area contributed by atoms with Gasteiger partial charge in [0.2, 0.25) is 5.78 Å². The van der Waals surface area contributed by atoms with Crippen molar-refractivity contribution in [2.24, 2.45) is 5.73 Å². The predicted octanol–water partition coefficient (Wildman–Crippen LogP) is 1.24. The zero-order valence-corrected chi connectivity index (χ0v) is 22.2. The summed E-state index contributed by atoms with van der Waals surface area (Å²) in [6, 6.07) is 3.84. The third-order valence-electron chi connectivity index (χ3n) is 7.80. The van der Waals surface area contributed by atoms with Crippen molar-refractivity contribution in [3.8, 4) is 17.2 Å². The Bertz CT molecular complexity index is 1300. The van der Waals surface area contributed by atoms with Crippen LogP contribution in [0.15, 0.2) is 18.2 Å². The van der Waals surface area contributed by atoms with E-state index < -0.39 is 59.3 Å². The molecule has 12 heteroatoms. The molecule has 0 amide bonds. The Kier molecular flexibility index (Phi) is 7.99. The second kappa shape index (κ2) is 10.7. The number of phenolic OH excluding ortho intramolecular Hbond substituents is 2. The normalized spacial score (nSPS) is 29.6. The molecule has 0 bridgehead atoms. The smallest absolute Gasteiger partial charge is 0.202 e. The van der Waals surface area contributed by atoms with Crippen LogP contribution in [0.4, 0.5) is 0 Å². The monoisotopic (exact) mass is 565 g/mol. The van der Waals surface area contributed by atoms with Crippen LogP contribution in [0.1, 0.15) is 75.3 Å². The van der Waals surface area contributed by atoms with E-state index in [9.17, 15) is 35.1 Å². The first kappa shape index (κ1) is 29.2. The number of nitrogens with two attached hydrogens (primary N) is 1. The van der Waals surface area contributed by atoms with Gasteiger partial charge in [-0.05, 0) is 19.4 Å². The van der Waals surface area contributed by atoms with E-state index in [1.165, 1.54) is 19.2 Å². The fourth-order valence-corrected chi connectivity index (χ4v) is 5.86. The largest absolute Gasteiger partial charge is 0.507 e. The number of halogens is 1. The molecule has 0 aromatic heterocycles. The van der Waals surface area contributed by atoms with Crippen LogP contribution in [-0.4, -0.2) is 81.0 Å². The van der Waals surface area contributed by atoms with Gasteiger partial charge in [-0.2, -0.15) is 0 Å². The molecule has 1 saturated heterocycles. The number of rotatable bonds is 5. The molecule has 2 aromatic carbocycles. The number of methoxy groups -OCH3 is 1. The van der Waals surface area contributed by atoms with E-state index in [4.69, 9.17) is 19.9 Å². The van der Waals surface area contributed by atoms with Crippen LogP contribution in [0.5, 0.6) is 17.2 Å². The number of carbonyl (C=O) groups excluding carboxylic acids is 2. The summed E-state index contributed by atoms with van der Waals surface area (Å²) in [7, 11) is 1.35. The van der Waals surface area contributed by atoms with Gasteiger partial charge in [-0.25, -0.2) is 0 Å². The van der Waals surface area contributed by atoms with E-state index >= 15 is 0 Å². The van der Waals surface area contributed by atoms with Crippen LogP contribution in [0.3, 0.4) is 0 Å². The molecule has 5 rings (SSSR count). The highest BCUT2D eigenvalue weighted by Gasteiger charge is 2.47. The van der Waals surface area contributed by atoms with E-state index in [0.717, 1.165) is 0 Å². The van der Waals surface area contributed by atoms with Gasteiger partial charge in [-0.15, -0.1) is 12.4 Å². The SMILES string of the molecule is COc1cccc2c1C(=O)c1c(O)c3c(c(O)c1C2=O)C[C@@](O)(CCO)C[C@@H]3O[C@@H]1C[C@H](N)[C@@H](O)[C@H](C)O1.Cl. The van der Waals surface area contributed by atoms with Crippen LogP contribution >= 0.6 is 12.4 Å². The first-order valence-electron chi connectivity index (χ1n) is 12.5. The highest BCUT2D eigenvalue weighted by molar-refractivity contribution is 6.31. The van der Waals surface area contributed by atoms with Gasteiger partial charge < -0.3 is 45.5 Å². The summed E-state index contributed by atoms with van der Waals surface area (Å²) in [6.45, 7) is 1.26. The Labute approximate surface area is 230 Å². The summed E-state index contributed by atoms with van der Waals surface area (Å²) in [6.07, 6.45) is -3.89. The fourth-order valence-electron chi connectivity index (χ4n) is 5.86. The first-order valence-corrected chi connectivity index (χ1v) is 12.5. The number of aliphatic hydroxyl groups is 3. The molecule has 1 aliphatic heterocycles. The number of hydrogen-bond donors (Lipinski definition) is 6. The number of fused-ring (bicyclic) bond motifs is 3. The molecule has 0 saturated carbocycles. The second-order valence-electron chi connectivity index (χ2n) is 10.2. The summed E-state index contributed by atoms with van der Waals surface area (Å²) in [5, 5.41) is 53.9. The van der Waals surface area contributed by atoms with Gasteiger partial charge in [0.05, 0.1) is 47.7 Å². The van der Waals surface area contributed by atoms with Crippen molar-refractivity contribution < 1.29 is 49.3 Å². The maximum Gasteiger partial charge on any atom is 0.202 e. The van der Waals surface area contributed by atoms with Gasteiger partial charge in [-0.3, -0.25) is 9.59 Å². The summed E-state index contributed by atoms with van der Waals surface area (Å²) in [5.74, 6) is -2.33. The van der Waals surface area contributed by atoms with Crippen molar-refractivity contribution in [2.75, 3.05) is 13.7 Å². The number of carbonyl (C=O) groups is 2. The fraction of sp³-hybridized carbons (Fsp3) is 0.481. The Morgan fingerprint density at radius 1 is 1.13 bits per heavy atom. The molecule has 0 spiro atoms. The van der Waals surface area contributed by atoms with Gasteiger partial charge in [0, 0.05) is 48.6 Å². The van der Waals surface area contributed by atoms with Crippen molar-refractivity contribution in [2.45, 2.75) is 68.9 Å². The van der Waals surface area contributed by atoms with Gasteiger partial charge in [0.15, 0.2) is 12.1 Å². The van der Waals surface area contributed by atoms with Gasteiger partial charge in [0.25, 0.3) is 0 Å². The van der Waals surface area contributed by atoms with Crippen molar-refractivity contribution in [3.63, 3.8) is 0 Å². The zero-order chi connectivity index (χ0) is 27.5. The lowest BCUT2D eigenvalue weighted by Gasteiger charge is -2.42. The Morgan fingerprint density at radius 2 is 1.82 bits per heavy atom. The predicted molar refractivity (Wildman–Crippen MR) is 139 cm³/mol. The molecule has 6 atom stereocenters. The van der Waals surface area contributed by atoms with Gasteiger partial charge in [-0.1, -0.05) is 12.1 Å². The van der Waals surface area contributed by atoms with E-state index in [0.29, 0.717) is 0 Å². The van der Waals surface area contributed by atoms with Crippen LogP contribution in [0.25, 0.3) is 0 Å². The summed E-state index contributed by atoms with van der Waals surface area (Å²) < 4.78 is 17.2. The molecule has 2 aromatic rings. The average Bonchev–Trinajstić information content (AvgIpc) is 2.87. The van der Waals surface area contributed by atoms with Crippen LogP contribution in [0, 0.1) is 0 Å². The number of aromatic hydroxyl groups is 2. The van der Waals surface area contributed by atoms with Crippen molar-refractivity contribution in [1.82, 2.24) is 0 Å². The number of benzene rings is 2. The number of ketones is 2. The molecule has 0 radical (unpaired) electrons. The van der Waals surface area contributed by atoms with E-state index in [2.05, 4.69) is 0 Å². The molecular formula is C27H32ClNO10. The average molecular weight is 566 g/mol. The molecule has 3 aliphatic rings. The third-order valence-corrected chi connectivity index (χ3v) is 7.80. The highest BCUT2D eigenvalue weighted by atomic mass is 35.5. The molecule has 1 heterocycles. The number of hydrogen-bond acceptors (Lipinski definition) is 11. The molecule has 39 heavy (non-hydrogen) atoms. The van der Waals surface area contributed by atoms with Gasteiger partial charge >= 0.3 is 0 Å². The zero-order valence-electron chi connectivity index (χ0n) is 21.4. The van der Waals surface area contributed by atoms with Crippen LogP contribution in [0.2, 0.25) is 0 Å². The lowest BCUT2D eigenvalue weighted by molar-refractivity contribution is -0.248. The first-order chi connectivity index (χ1) is 18.0. The van der Waals surface area contributed by atoms with Crippen LogP contribution < -0.4 is 10.5 Å². The summed E-state index contributed by atoms with van der Waals surface area (Å²) >= 11 is 0. The van der Waals surface area contributed by atoms with E-state index in [-0.39, 0.29) is 83.8 Å². The minimum Gasteiger partial charge on any atom is -0.507 e. The van der Waals surface area contributed by atoms with E-state index in [1.807, 2.05) is 0 Å². The Morgan fingerprint density at radius 3 is 2.46 bits per heavy atom. The topological polar surface area (TPSA) is 189 Å². The molecule has 2 aliphatic carbocycles. The maximum atomic E-state index is 13.6. The second-order valence-corrected chi connectivity index (χ2v) is 10.2. The maximum absolute atomic E-state index is 13.6. The summed E-state index contributed by atoms with van der Waals surface area (Å²) in [5.41, 5.74) is 3.79. The highest BCUT2D eigenvalue weighted by Crippen LogP contribution is 2.52. The molecular weight excluding hydrogens is 534 g/mol.